The minimum absolute atomic E-state index is 0.485. The first-order chi connectivity index (χ1) is 9.54. The standard InChI is InChI=1S/C16H23Br2NO/c1-16(6-4-3-5-7-16)11-19-10-12-8-13(17)15(20-2)14(18)9-12/h8-9,19H,3-7,10-11H2,1-2H3. The molecule has 1 aliphatic rings. The van der Waals surface area contributed by atoms with Gasteiger partial charge < -0.3 is 10.1 Å². The number of nitrogens with one attached hydrogen (secondary N) is 1. The lowest BCUT2D eigenvalue weighted by atomic mass is 9.76. The van der Waals surface area contributed by atoms with Gasteiger partial charge in [0.05, 0.1) is 16.1 Å². The second-order valence-corrected chi connectivity index (χ2v) is 7.78. The summed E-state index contributed by atoms with van der Waals surface area (Å²) in [5, 5.41) is 3.62. The fourth-order valence-electron chi connectivity index (χ4n) is 3.00. The summed E-state index contributed by atoms with van der Waals surface area (Å²) in [6, 6.07) is 4.25. The maximum absolute atomic E-state index is 5.33. The predicted molar refractivity (Wildman–Crippen MR) is 91.3 cm³/mol. The van der Waals surface area contributed by atoms with Crippen molar-refractivity contribution in [2.45, 2.75) is 45.6 Å². The van der Waals surface area contributed by atoms with Crippen LogP contribution in [-0.2, 0) is 6.54 Å². The minimum atomic E-state index is 0.485. The summed E-state index contributed by atoms with van der Waals surface area (Å²) in [6.07, 6.45) is 6.90. The summed E-state index contributed by atoms with van der Waals surface area (Å²) >= 11 is 7.11. The number of hydrogen-bond donors (Lipinski definition) is 1. The van der Waals surface area contributed by atoms with E-state index in [9.17, 15) is 0 Å². The molecule has 0 unspecified atom stereocenters. The summed E-state index contributed by atoms with van der Waals surface area (Å²) in [4.78, 5) is 0. The van der Waals surface area contributed by atoms with Gasteiger partial charge in [-0.3, -0.25) is 0 Å². The molecule has 0 amide bonds. The van der Waals surface area contributed by atoms with Crippen LogP contribution in [0.5, 0.6) is 5.75 Å². The monoisotopic (exact) mass is 403 g/mol. The summed E-state index contributed by atoms with van der Waals surface area (Å²) in [5.74, 6) is 0.855. The Morgan fingerprint density at radius 2 is 1.75 bits per heavy atom. The minimum Gasteiger partial charge on any atom is -0.494 e. The molecular weight excluding hydrogens is 382 g/mol. The van der Waals surface area contributed by atoms with Crippen molar-refractivity contribution in [3.63, 3.8) is 0 Å². The first-order valence-corrected chi connectivity index (χ1v) is 8.85. The van der Waals surface area contributed by atoms with Crippen molar-refractivity contribution in [2.75, 3.05) is 13.7 Å². The maximum Gasteiger partial charge on any atom is 0.147 e. The highest BCUT2D eigenvalue weighted by molar-refractivity contribution is 9.11. The molecule has 0 atom stereocenters. The molecule has 1 aromatic carbocycles. The van der Waals surface area contributed by atoms with Crippen LogP contribution in [0.15, 0.2) is 21.1 Å². The lowest BCUT2D eigenvalue weighted by molar-refractivity contribution is 0.207. The van der Waals surface area contributed by atoms with Crippen LogP contribution in [0, 0.1) is 5.41 Å². The zero-order valence-electron chi connectivity index (χ0n) is 12.3. The van der Waals surface area contributed by atoms with E-state index in [1.165, 1.54) is 37.7 Å². The second-order valence-electron chi connectivity index (χ2n) is 6.07. The first kappa shape index (κ1) is 16.3. The Labute approximate surface area is 138 Å². The lowest BCUT2D eigenvalue weighted by Crippen LogP contribution is -2.33. The third-order valence-electron chi connectivity index (χ3n) is 4.20. The lowest BCUT2D eigenvalue weighted by Gasteiger charge is -2.33. The normalized spacial score (nSPS) is 18.0. The molecule has 4 heteroatoms. The molecule has 1 fully saturated rings. The van der Waals surface area contributed by atoms with E-state index in [0.29, 0.717) is 5.41 Å². The van der Waals surface area contributed by atoms with E-state index in [2.05, 4.69) is 56.2 Å². The van der Waals surface area contributed by atoms with Gasteiger partial charge in [0, 0.05) is 13.1 Å². The first-order valence-electron chi connectivity index (χ1n) is 7.27. The number of hydrogen-bond acceptors (Lipinski definition) is 2. The van der Waals surface area contributed by atoms with E-state index >= 15 is 0 Å². The second kappa shape index (κ2) is 7.28. The third kappa shape index (κ3) is 4.22. The van der Waals surface area contributed by atoms with Crippen molar-refractivity contribution in [2.24, 2.45) is 5.41 Å². The smallest absolute Gasteiger partial charge is 0.147 e. The molecule has 1 saturated carbocycles. The van der Waals surface area contributed by atoms with Crippen LogP contribution in [0.4, 0.5) is 0 Å². The Kier molecular flexibility index (Phi) is 5.94. The fraction of sp³-hybridized carbons (Fsp3) is 0.625. The van der Waals surface area contributed by atoms with E-state index in [1.54, 1.807) is 7.11 Å². The van der Waals surface area contributed by atoms with Crippen LogP contribution >= 0.6 is 31.9 Å². The summed E-state index contributed by atoms with van der Waals surface area (Å²) < 4.78 is 7.32. The van der Waals surface area contributed by atoms with E-state index in [4.69, 9.17) is 4.74 Å². The Hall–Kier alpha value is -0.0600. The van der Waals surface area contributed by atoms with E-state index < -0.39 is 0 Å². The third-order valence-corrected chi connectivity index (χ3v) is 5.38. The molecule has 1 N–H and O–H groups in total. The highest BCUT2D eigenvalue weighted by atomic mass is 79.9. The number of halogens is 2. The molecule has 0 bridgehead atoms. The van der Waals surface area contributed by atoms with E-state index in [1.807, 2.05) is 0 Å². The zero-order valence-corrected chi connectivity index (χ0v) is 15.4. The SMILES string of the molecule is COc1c(Br)cc(CNCC2(C)CCCCC2)cc1Br. The van der Waals surface area contributed by atoms with Crippen LogP contribution in [0.3, 0.4) is 0 Å². The average molecular weight is 405 g/mol. The molecule has 0 spiro atoms. The molecular formula is C16H23Br2NO. The van der Waals surface area contributed by atoms with Gasteiger partial charge >= 0.3 is 0 Å². The molecule has 20 heavy (non-hydrogen) atoms. The van der Waals surface area contributed by atoms with E-state index in [0.717, 1.165) is 27.8 Å². The number of rotatable bonds is 5. The van der Waals surface area contributed by atoms with Gasteiger partial charge in [0.15, 0.2) is 0 Å². The van der Waals surface area contributed by atoms with Crippen molar-refractivity contribution in [3.8, 4) is 5.75 Å². The predicted octanol–water partition coefficient (Wildman–Crippen LogP) is 5.28. The topological polar surface area (TPSA) is 21.3 Å². The van der Waals surface area contributed by atoms with Gasteiger partial charge in [-0.05, 0) is 67.8 Å². The van der Waals surface area contributed by atoms with Crippen molar-refractivity contribution < 1.29 is 4.74 Å². The zero-order chi connectivity index (χ0) is 14.6. The van der Waals surface area contributed by atoms with Crippen LogP contribution in [0.1, 0.15) is 44.6 Å². The summed E-state index contributed by atoms with van der Waals surface area (Å²) in [7, 11) is 1.69. The number of methoxy groups -OCH3 is 1. The van der Waals surface area contributed by atoms with Gasteiger partial charge in [0.1, 0.15) is 5.75 Å². The molecule has 1 aromatic rings. The highest BCUT2D eigenvalue weighted by Gasteiger charge is 2.26. The summed E-state index contributed by atoms with van der Waals surface area (Å²) in [5.41, 5.74) is 1.75. The Morgan fingerprint density at radius 1 is 1.15 bits per heavy atom. The molecule has 2 nitrogen and oxygen atoms in total. The van der Waals surface area contributed by atoms with Crippen LogP contribution in [0.25, 0.3) is 0 Å². The quantitative estimate of drug-likeness (QED) is 0.720. The van der Waals surface area contributed by atoms with Gasteiger partial charge in [-0.2, -0.15) is 0 Å². The largest absolute Gasteiger partial charge is 0.494 e. The molecule has 0 heterocycles. The summed E-state index contributed by atoms with van der Waals surface area (Å²) in [6.45, 7) is 4.42. The molecule has 2 rings (SSSR count). The molecule has 0 aliphatic heterocycles. The van der Waals surface area contributed by atoms with Crippen molar-refractivity contribution >= 4 is 31.9 Å². The Morgan fingerprint density at radius 3 is 2.30 bits per heavy atom. The average Bonchev–Trinajstić information content (AvgIpc) is 2.39. The van der Waals surface area contributed by atoms with Gasteiger partial charge in [-0.1, -0.05) is 26.2 Å². The fourth-order valence-corrected chi connectivity index (χ4v) is 4.61. The van der Waals surface area contributed by atoms with Crippen LogP contribution in [-0.4, -0.2) is 13.7 Å². The molecule has 0 saturated heterocycles. The van der Waals surface area contributed by atoms with E-state index in [-0.39, 0.29) is 0 Å². The highest BCUT2D eigenvalue weighted by Crippen LogP contribution is 2.36. The number of benzene rings is 1. The van der Waals surface area contributed by atoms with Crippen LogP contribution < -0.4 is 10.1 Å². The molecule has 0 aromatic heterocycles. The van der Waals surface area contributed by atoms with Gasteiger partial charge in [0.2, 0.25) is 0 Å². The Bertz CT molecular complexity index is 433. The van der Waals surface area contributed by atoms with Gasteiger partial charge in [-0.25, -0.2) is 0 Å². The number of ether oxygens (including phenoxy) is 1. The molecule has 112 valence electrons. The van der Waals surface area contributed by atoms with Gasteiger partial charge in [0.25, 0.3) is 0 Å². The molecule has 1 aliphatic carbocycles. The Balaban J connectivity index is 1.91. The van der Waals surface area contributed by atoms with Crippen molar-refractivity contribution in [1.82, 2.24) is 5.32 Å². The van der Waals surface area contributed by atoms with Gasteiger partial charge in [-0.15, -0.1) is 0 Å². The molecule has 0 radical (unpaired) electrons. The van der Waals surface area contributed by atoms with Crippen molar-refractivity contribution in [3.05, 3.63) is 26.6 Å². The van der Waals surface area contributed by atoms with Crippen LogP contribution in [0.2, 0.25) is 0 Å². The maximum atomic E-state index is 5.33. The van der Waals surface area contributed by atoms with Crippen molar-refractivity contribution in [1.29, 1.82) is 0 Å².